The van der Waals surface area contributed by atoms with Crippen LogP contribution in [0.25, 0.3) is 0 Å². The number of hydrogen-bond acceptors (Lipinski definition) is 5. The molecule has 0 radical (unpaired) electrons. The van der Waals surface area contributed by atoms with Crippen LogP contribution >= 0.6 is 0 Å². The van der Waals surface area contributed by atoms with E-state index in [0.29, 0.717) is 5.69 Å². The first kappa shape index (κ1) is 24.8. The minimum Gasteiger partial charge on any atom is -0.322 e. The summed E-state index contributed by atoms with van der Waals surface area (Å²) in [6, 6.07) is 21.7. The highest BCUT2D eigenvalue weighted by atomic mass is 32.2. The second-order valence-corrected chi connectivity index (χ2v) is 10.5. The number of carbonyl (C=O) groups excluding carboxylic acids is 1. The van der Waals surface area contributed by atoms with E-state index in [0.717, 1.165) is 57.2 Å². The fourth-order valence-corrected chi connectivity index (χ4v) is 4.60. The van der Waals surface area contributed by atoms with Gasteiger partial charge < -0.3 is 5.32 Å². The van der Waals surface area contributed by atoms with Crippen molar-refractivity contribution in [2.24, 2.45) is 0 Å². The molecule has 0 spiro atoms. The van der Waals surface area contributed by atoms with E-state index < -0.39 is 21.7 Å². The number of sulfonamides is 1. The fraction of sp³-hybridized carbons (Fsp3) is 0.269. The Labute approximate surface area is 205 Å². The van der Waals surface area contributed by atoms with Crippen LogP contribution in [-0.4, -0.2) is 56.6 Å². The maximum absolute atomic E-state index is 13.9. The van der Waals surface area contributed by atoms with Crippen LogP contribution in [0.4, 0.5) is 15.8 Å². The molecule has 0 bridgehead atoms. The first-order valence-electron chi connectivity index (χ1n) is 11.4. The minimum absolute atomic E-state index is 0.148. The topological polar surface area (TPSA) is 81.7 Å². The van der Waals surface area contributed by atoms with Gasteiger partial charge in [0.2, 0.25) is 10.0 Å². The zero-order chi connectivity index (χ0) is 24.8. The van der Waals surface area contributed by atoms with E-state index in [9.17, 15) is 17.6 Å². The van der Waals surface area contributed by atoms with Gasteiger partial charge in [0, 0.05) is 50.5 Å². The van der Waals surface area contributed by atoms with Gasteiger partial charge in [-0.15, -0.1) is 0 Å². The van der Waals surface area contributed by atoms with E-state index in [1.54, 1.807) is 0 Å². The largest absolute Gasteiger partial charge is 0.322 e. The lowest BCUT2D eigenvalue weighted by atomic mass is 10.1. The molecule has 35 heavy (non-hydrogen) atoms. The molecule has 1 saturated heterocycles. The molecule has 0 aliphatic carbocycles. The van der Waals surface area contributed by atoms with Crippen LogP contribution in [0.2, 0.25) is 0 Å². The van der Waals surface area contributed by atoms with Gasteiger partial charge in [0.05, 0.1) is 11.9 Å². The van der Waals surface area contributed by atoms with Gasteiger partial charge in [0.1, 0.15) is 5.82 Å². The lowest BCUT2D eigenvalue weighted by molar-refractivity contribution is 0.102. The Morgan fingerprint density at radius 1 is 0.857 bits per heavy atom. The molecule has 4 rings (SSSR count). The molecule has 0 aromatic heterocycles. The van der Waals surface area contributed by atoms with Crippen molar-refractivity contribution in [2.75, 3.05) is 42.5 Å². The predicted octanol–water partition coefficient (Wildman–Crippen LogP) is 3.77. The molecule has 184 valence electrons. The summed E-state index contributed by atoms with van der Waals surface area (Å²) in [7, 11) is -3.66. The summed E-state index contributed by atoms with van der Waals surface area (Å²) in [6.45, 7) is 5.86. The van der Waals surface area contributed by atoms with Crippen molar-refractivity contribution < 1.29 is 17.6 Å². The van der Waals surface area contributed by atoms with E-state index in [1.165, 1.54) is 17.7 Å². The summed E-state index contributed by atoms with van der Waals surface area (Å²) in [5, 5.41) is 2.77. The van der Waals surface area contributed by atoms with Gasteiger partial charge in [0.25, 0.3) is 5.91 Å². The Morgan fingerprint density at radius 2 is 1.43 bits per heavy atom. The third kappa shape index (κ3) is 7.35. The fourth-order valence-electron chi connectivity index (χ4n) is 4.05. The first-order chi connectivity index (χ1) is 16.7. The number of nitrogens with one attached hydrogen (secondary N) is 2. The van der Waals surface area contributed by atoms with Gasteiger partial charge in [-0.2, -0.15) is 0 Å². The van der Waals surface area contributed by atoms with Crippen molar-refractivity contribution in [1.29, 1.82) is 0 Å². The maximum atomic E-state index is 13.9. The van der Waals surface area contributed by atoms with Crippen molar-refractivity contribution in [3.63, 3.8) is 0 Å². The molecule has 1 heterocycles. The highest BCUT2D eigenvalue weighted by Crippen LogP contribution is 2.19. The molecule has 0 atom stereocenters. The van der Waals surface area contributed by atoms with Gasteiger partial charge >= 0.3 is 0 Å². The number of halogens is 1. The Bertz CT molecular complexity index is 1260. The zero-order valence-corrected chi connectivity index (χ0v) is 20.4. The molecule has 3 aromatic rings. The third-order valence-electron chi connectivity index (χ3n) is 5.86. The van der Waals surface area contributed by atoms with Crippen LogP contribution in [0, 0.1) is 5.82 Å². The van der Waals surface area contributed by atoms with Crippen LogP contribution in [0.1, 0.15) is 21.5 Å². The molecule has 9 heteroatoms. The van der Waals surface area contributed by atoms with Crippen LogP contribution in [0.3, 0.4) is 0 Å². The average Bonchev–Trinajstić information content (AvgIpc) is 2.83. The van der Waals surface area contributed by atoms with Crippen molar-refractivity contribution in [3.8, 4) is 0 Å². The molecule has 1 amide bonds. The number of rotatable bonds is 8. The monoisotopic (exact) mass is 496 g/mol. The number of amides is 1. The summed E-state index contributed by atoms with van der Waals surface area (Å²) in [4.78, 5) is 17.5. The molecule has 7 nitrogen and oxygen atoms in total. The Balaban J connectivity index is 1.29. The van der Waals surface area contributed by atoms with E-state index in [4.69, 9.17) is 0 Å². The van der Waals surface area contributed by atoms with Crippen molar-refractivity contribution in [3.05, 3.63) is 95.3 Å². The van der Waals surface area contributed by atoms with Crippen molar-refractivity contribution in [1.82, 2.24) is 9.80 Å². The number of carbonyl (C=O) groups is 1. The predicted molar refractivity (Wildman–Crippen MR) is 136 cm³/mol. The first-order valence-corrected chi connectivity index (χ1v) is 13.3. The van der Waals surface area contributed by atoms with Crippen molar-refractivity contribution in [2.45, 2.75) is 13.1 Å². The highest BCUT2D eigenvalue weighted by molar-refractivity contribution is 7.92. The summed E-state index contributed by atoms with van der Waals surface area (Å²) in [6.07, 6.45) is 0.922. The molecule has 0 saturated carbocycles. The molecular formula is C26H29FN4O3S. The molecule has 1 fully saturated rings. The van der Waals surface area contributed by atoms with Gasteiger partial charge in [-0.1, -0.05) is 42.5 Å². The molecule has 0 unspecified atom stereocenters. The summed E-state index contributed by atoms with van der Waals surface area (Å²) >= 11 is 0. The van der Waals surface area contributed by atoms with E-state index in [2.05, 4.69) is 44.1 Å². The van der Waals surface area contributed by atoms with Crippen molar-refractivity contribution >= 4 is 27.3 Å². The molecule has 1 aliphatic rings. The van der Waals surface area contributed by atoms with Gasteiger partial charge in [-0.3, -0.25) is 19.3 Å². The lowest BCUT2D eigenvalue weighted by Crippen LogP contribution is -2.45. The van der Waals surface area contributed by atoms with E-state index in [-0.39, 0.29) is 11.3 Å². The summed E-state index contributed by atoms with van der Waals surface area (Å²) in [5.74, 6) is -1.21. The lowest BCUT2D eigenvalue weighted by Gasteiger charge is -2.34. The van der Waals surface area contributed by atoms with Crippen LogP contribution < -0.4 is 10.0 Å². The zero-order valence-electron chi connectivity index (χ0n) is 19.6. The molecule has 1 aliphatic heterocycles. The smallest absolute Gasteiger partial charge is 0.255 e. The van der Waals surface area contributed by atoms with E-state index in [1.807, 2.05) is 30.3 Å². The Hall–Kier alpha value is -3.27. The van der Waals surface area contributed by atoms with Gasteiger partial charge in [0.15, 0.2) is 0 Å². The van der Waals surface area contributed by atoms with Gasteiger partial charge in [-0.25, -0.2) is 12.8 Å². The Morgan fingerprint density at radius 3 is 2.00 bits per heavy atom. The number of nitrogens with zero attached hydrogens (tertiary/aromatic N) is 2. The van der Waals surface area contributed by atoms with Gasteiger partial charge in [-0.05, 0) is 41.5 Å². The highest BCUT2D eigenvalue weighted by Gasteiger charge is 2.17. The molecule has 3 aromatic carbocycles. The summed E-state index contributed by atoms with van der Waals surface area (Å²) < 4.78 is 38.8. The molecule has 2 N–H and O–H groups in total. The summed E-state index contributed by atoms with van der Waals surface area (Å²) in [5.41, 5.74) is 2.98. The maximum Gasteiger partial charge on any atom is 0.255 e. The SMILES string of the molecule is CS(=O)(=O)Nc1cc(C(=O)Nc2ccc(CN3CCN(Cc4ccccc4)CC3)cc2)ccc1F. The number of anilines is 2. The second-order valence-electron chi connectivity index (χ2n) is 8.76. The van der Waals surface area contributed by atoms with Crippen LogP contribution in [-0.2, 0) is 23.1 Å². The van der Waals surface area contributed by atoms with Crippen LogP contribution in [0.15, 0.2) is 72.8 Å². The second kappa shape index (κ2) is 11.0. The molecular weight excluding hydrogens is 467 g/mol. The van der Waals surface area contributed by atoms with Crippen LogP contribution in [0.5, 0.6) is 0 Å². The quantitative estimate of drug-likeness (QED) is 0.496. The average molecular weight is 497 g/mol. The number of benzene rings is 3. The third-order valence-corrected chi connectivity index (χ3v) is 6.45. The normalized spacial score (nSPS) is 15.0. The number of piperazine rings is 1. The van der Waals surface area contributed by atoms with E-state index >= 15 is 0 Å². The Kier molecular flexibility index (Phi) is 7.80. The standard InChI is InChI=1S/C26H29FN4O3S/c1-35(33,34)29-25-17-22(9-12-24(25)27)26(32)28-23-10-7-21(8-11-23)19-31-15-13-30(14-16-31)18-20-5-3-2-4-6-20/h2-12,17,29H,13-16,18-19H2,1H3,(H,28,32). The number of hydrogen-bond donors (Lipinski definition) is 2. The minimum atomic E-state index is -3.66.